The fourth-order valence-electron chi connectivity index (χ4n) is 4.42. The van der Waals surface area contributed by atoms with Crippen molar-refractivity contribution in [1.82, 2.24) is 19.7 Å². The number of allylic oxidation sites excluding steroid dienone is 1. The molecule has 188 valence electrons. The van der Waals surface area contributed by atoms with Crippen molar-refractivity contribution in [2.45, 2.75) is 39.2 Å². The van der Waals surface area contributed by atoms with Crippen LogP contribution in [0, 0.1) is 0 Å². The van der Waals surface area contributed by atoms with Crippen molar-refractivity contribution in [3.63, 3.8) is 0 Å². The van der Waals surface area contributed by atoms with Crippen LogP contribution in [0.1, 0.15) is 44.9 Å². The second kappa shape index (κ2) is 9.54. The number of methoxy groups -OCH3 is 1. The molecule has 0 saturated heterocycles. The highest BCUT2D eigenvalue weighted by atomic mass is 16.5. The second-order valence-corrected chi connectivity index (χ2v) is 10.1. The molecule has 0 saturated carbocycles. The number of rotatable bonds is 5. The lowest BCUT2D eigenvalue weighted by atomic mass is 9.87. The van der Waals surface area contributed by atoms with Crippen LogP contribution in [0.3, 0.4) is 0 Å². The predicted octanol–water partition coefficient (Wildman–Crippen LogP) is 5.57. The Morgan fingerprint density at radius 1 is 1.05 bits per heavy atom. The Morgan fingerprint density at radius 2 is 1.78 bits per heavy atom. The topological polar surface area (TPSA) is 94.0 Å². The van der Waals surface area contributed by atoms with Gasteiger partial charge in [-0.1, -0.05) is 57.2 Å². The SMILES string of the molecule is COc1ccc(C2C(C(=O)Nc3cccnc3)=C(C)Nc3nc(-c4ccc(C(C)(C)C)cc4)nn32)cc1. The Bertz CT molecular complexity index is 1450. The van der Waals surface area contributed by atoms with Crippen LogP contribution in [-0.2, 0) is 10.2 Å². The fourth-order valence-corrected chi connectivity index (χ4v) is 4.42. The van der Waals surface area contributed by atoms with E-state index in [4.69, 9.17) is 14.8 Å². The molecule has 1 aliphatic heterocycles. The van der Waals surface area contributed by atoms with Gasteiger partial charge in [-0.05, 0) is 47.7 Å². The zero-order chi connectivity index (χ0) is 26.2. The average Bonchev–Trinajstić information content (AvgIpc) is 3.31. The Labute approximate surface area is 216 Å². The van der Waals surface area contributed by atoms with Crippen LogP contribution in [0.4, 0.5) is 11.6 Å². The Hall–Kier alpha value is -4.46. The minimum absolute atomic E-state index is 0.0536. The van der Waals surface area contributed by atoms with Gasteiger partial charge >= 0.3 is 0 Å². The van der Waals surface area contributed by atoms with Crippen LogP contribution in [0.2, 0.25) is 0 Å². The number of anilines is 2. The number of hydrogen-bond acceptors (Lipinski definition) is 6. The number of carbonyl (C=O) groups is 1. The van der Waals surface area contributed by atoms with Crippen LogP contribution in [-0.4, -0.2) is 32.8 Å². The van der Waals surface area contributed by atoms with Crippen molar-refractivity contribution in [1.29, 1.82) is 0 Å². The molecule has 0 bridgehead atoms. The molecule has 5 rings (SSSR count). The second-order valence-electron chi connectivity index (χ2n) is 10.1. The highest BCUT2D eigenvalue weighted by molar-refractivity contribution is 6.05. The first kappa shape index (κ1) is 24.2. The maximum absolute atomic E-state index is 13.6. The maximum atomic E-state index is 13.6. The molecular weight excluding hydrogens is 464 g/mol. The van der Waals surface area contributed by atoms with Crippen molar-refractivity contribution in [2.24, 2.45) is 0 Å². The summed E-state index contributed by atoms with van der Waals surface area (Å²) in [6.07, 6.45) is 3.28. The third-order valence-corrected chi connectivity index (χ3v) is 6.46. The molecule has 2 aromatic carbocycles. The van der Waals surface area contributed by atoms with E-state index in [0.29, 0.717) is 28.7 Å². The summed E-state index contributed by atoms with van der Waals surface area (Å²) >= 11 is 0. The van der Waals surface area contributed by atoms with Gasteiger partial charge in [0, 0.05) is 17.5 Å². The zero-order valence-corrected chi connectivity index (χ0v) is 21.6. The van der Waals surface area contributed by atoms with Crippen LogP contribution >= 0.6 is 0 Å². The summed E-state index contributed by atoms with van der Waals surface area (Å²) in [6, 6.07) is 19.1. The Balaban J connectivity index is 1.57. The standard InChI is InChI=1S/C29H30N6O2/c1-18-24(27(36)32-22-7-6-16-30-17-22)25(19-10-14-23(37-5)15-11-19)35-28(31-18)33-26(34-35)20-8-12-21(13-9-20)29(2,3)4/h6-17,25H,1-5H3,(H,32,36)(H,31,33,34). The summed E-state index contributed by atoms with van der Waals surface area (Å²) in [5.41, 5.74) is 4.95. The van der Waals surface area contributed by atoms with Crippen molar-refractivity contribution < 1.29 is 9.53 Å². The van der Waals surface area contributed by atoms with Gasteiger partial charge in [0.1, 0.15) is 11.8 Å². The number of ether oxygens (including phenoxy) is 1. The average molecular weight is 495 g/mol. The number of benzene rings is 2. The van der Waals surface area contributed by atoms with E-state index in [1.165, 1.54) is 5.56 Å². The van der Waals surface area contributed by atoms with Gasteiger partial charge in [-0.2, -0.15) is 4.98 Å². The van der Waals surface area contributed by atoms with E-state index in [1.807, 2.05) is 43.3 Å². The van der Waals surface area contributed by atoms with Gasteiger partial charge in [-0.15, -0.1) is 5.10 Å². The lowest BCUT2D eigenvalue weighted by molar-refractivity contribution is -0.113. The first-order chi connectivity index (χ1) is 17.7. The molecule has 2 N–H and O–H groups in total. The molecule has 8 nitrogen and oxygen atoms in total. The van der Waals surface area contributed by atoms with E-state index < -0.39 is 6.04 Å². The first-order valence-corrected chi connectivity index (χ1v) is 12.1. The van der Waals surface area contributed by atoms with Crippen LogP contribution in [0.5, 0.6) is 5.75 Å². The summed E-state index contributed by atoms with van der Waals surface area (Å²) in [4.78, 5) is 22.5. The highest BCUT2D eigenvalue weighted by Gasteiger charge is 2.34. The summed E-state index contributed by atoms with van der Waals surface area (Å²) in [7, 11) is 1.63. The normalized spacial score (nSPS) is 15.1. The largest absolute Gasteiger partial charge is 0.497 e. The monoisotopic (exact) mass is 494 g/mol. The fraction of sp³-hybridized carbons (Fsp3) is 0.241. The molecule has 1 unspecified atom stereocenters. The molecule has 1 amide bonds. The van der Waals surface area contributed by atoms with E-state index in [9.17, 15) is 4.79 Å². The number of hydrogen-bond donors (Lipinski definition) is 2. The number of carbonyl (C=O) groups excluding carboxylic acids is 1. The van der Waals surface area contributed by atoms with Crippen LogP contribution < -0.4 is 15.4 Å². The Kier molecular flexibility index (Phi) is 6.25. The third kappa shape index (κ3) is 4.82. The number of nitrogens with zero attached hydrogens (tertiary/aromatic N) is 4. The molecule has 2 aromatic heterocycles. The van der Waals surface area contributed by atoms with Gasteiger partial charge in [-0.3, -0.25) is 9.78 Å². The van der Waals surface area contributed by atoms with Gasteiger partial charge in [0.15, 0.2) is 5.82 Å². The van der Waals surface area contributed by atoms with Gasteiger partial charge < -0.3 is 15.4 Å². The van der Waals surface area contributed by atoms with Crippen molar-refractivity contribution in [3.8, 4) is 17.1 Å². The molecule has 0 spiro atoms. The molecule has 37 heavy (non-hydrogen) atoms. The number of amides is 1. The summed E-state index contributed by atoms with van der Waals surface area (Å²) in [6.45, 7) is 8.44. The maximum Gasteiger partial charge on any atom is 0.255 e. The van der Waals surface area contributed by atoms with E-state index in [1.54, 1.807) is 36.3 Å². The third-order valence-electron chi connectivity index (χ3n) is 6.46. The van der Waals surface area contributed by atoms with Crippen molar-refractivity contribution in [3.05, 3.63) is 95.5 Å². The zero-order valence-electron chi connectivity index (χ0n) is 21.6. The van der Waals surface area contributed by atoms with Gasteiger partial charge in [0.25, 0.3) is 5.91 Å². The van der Waals surface area contributed by atoms with E-state index in [-0.39, 0.29) is 11.3 Å². The molecule has 4 aromatic rings. The molecular formula is C29H30N6O2. The summed E-state index contributed by atoms with van der Waals surface area (Å²) in [5.74, 6) is 1.66. The number of aromatic nitrogens is 4. The number of fused-ring (bicyclic) bond motifs is 1. The quantitative estimate of drug-likeness (QED) is 0.377. The van der Waals surface area contributed by atoms with E-state index >= 15 is 0 Å². The van der Waals surface area contributed by atoms with Gasteiger partial charge in [-0.25, -0.2) is 4.68 Å². The Morgan fingerprint density at radius 3 is 2.41 bits per heavy atom. The molecule has 0 fully saturated rings. The predicted molar refractivity (Wildman–Crippen MR) is 144 cm³/mol. The van der Waals surface area contributed by atoms with Crippen LogP contribution in [0.25, 0.3) is 11.4 Å². The van der Waals surface area contributed by atoms with Gasteiger partial charge in [0.05, 0.1) is 24.6 Å². The smallest absolute Gasteiger partial charge is 0.255 e. The highest BCUT2D eigenvalue weighted by Crippen LogP contribution is 2.37. The molecule has 8 heteroatoms. The summed E-state index contributed by atoms with van der Waals surface area (Å²) < 4.78 is 7.13. The summed E-state index contributed by atoms with van der Waals surface area (Å²) in [5, 5.41) is 11.1. The number of pyridine rings is 1. The molecule has 3 heterocycles. The molecule has 1 aliphatic rings. The van der Waals surface area contributed by atoms with Gasteiger partial charge in [0.2, 0.25) is 5.95 Å². The molecule has 0 aliphatic carbocycles. The van der Waals surface area contributed by atoms with Crippen molar-refractivity contribution in [2.75, 3.05) is 17.7 Å². The van der Waals surface area contributed by atoms with Crippen LogP contribution in [0.15, 0.2) is 84.3 Å². The lowest BCUT2D eigenvalue weighted by Gasteiger charge is -2.28. The first-order valence-electron chi connectivity index (χ1n) is 12.1. The van der Waals surface area contributed by atoms with Crippen molar-refractivity contribution >= 4 is 17.5 Å². The minimum Gasteiger partial charge on any atom is -0.497 e. The van der Waals surface area contributed by atoms with E-state index in [2.05, 4.69) is 48.5 Å². The minimum atomic E-state index is -0.492. The number of nitrogens with one attached hydrogen (secondary N) is 2. The van der Waals surface area contributed by atoms with E-state index in [0.717, 1.165) is 16.9 Å². The molecule has 1 atom stereocenters. The molecule has 0 radical (unpaired) electrons. The lowest BCUT2D eigenvalue weighted by Crippen LogP contribution is -2.31.